The molecule has 1 aromatic carbocycles. The lowest BCUT2D eigenvalue weighted by molar-refractivity contribution is -0.129. The van der Waals surface area contributed by atoms with Gasteiger partial charge in [0.25, 0.3) is 0 Å². The lowest BCUT2D eigenvalue weighted by Crippen LogP contribution is -2.34. The smallest absolute Gasteiger partial charge is 0.240 e. The van der Waals surface area contributed by atoms with Crippen LogP contribution in [0.15, 0.2) is 33.6 Å². The summed E-state index contributed by atoms with van der Waals surface area (Å²) in [6.45, 7) is 1.29. The first-order valence-corrected chi connectivity index (χ1v) is 8.95. The predicted molar refractivity (Wildman–Crippen MR) is 90.4 cm³/mol. The van der Waals surface area contributed by atoms with Gasteiger partial charge in [-0.05, 0) is 30.7 Å². The highest BCUT2D eigenvalue weighted by Gasteiger charge is 2.23. The Morgan fingerprint density at radius 1 is 1.36 bits per heavy atom. The minimum atomic E-state index is -3.57. The lowest BCUT2D eigenvalue weighted by atomic mass is 10.3. The van der Waals surface area contributed by atoms with Crippen LogP contribution in [-0.2, 0) is 14.8 Å². The number of carbonyl (C=O) groups excluding carboxylic acids is 1. The fourth-order valence-corrected chi connectivity index (χ4v) is 3.46. The van der Waals surface area contributed by atoms with Crippen molar-refractivity contribution < 1.29 is 13.2 Å². The normalized spacial score (nSPS) is 18.1. The molecule has 0 saturated carbocycles. The summed E-state index contributed by atoms with van der Waals surface area (Å²) < 4.78 is 27.3. The molecule has 0 aliphatic carbocycles. The van der Waals surface area contributed by atoms with Crippen molar-refractivity contribution in [3.05, 3.63) is 28.7 Å². The maximum Gasteiger partial charge on any atom is 0.240 e. The average Bonchev–Trinajstić information content (AvgIpc) is 2.86. The fraction of sp³-hybridized carbons (Fsp3) is 0.462. The number of carbonyl (C=O) groups is 1. The second-order valence-corrected chi connectivity index (χ2v) is 7.67. The van der Waals surface area contributed by atoms with Gasteiger partial charge in [0.05, 0.1) is 4.90 Å². The van der Waals surface area contributed by atoms with Crippen LogP contribution in [0.25, 0.3) is 0 Å². The van der Waals surface area contributed by atoms with Crippen LogP contribution in [0, 0.1) is 0 Å². The molecule has 1 fully saturated rings. The molecule has 1 saturated heterocycles. The molecule has 0 aromatic heterocycles. The van der Waals surface area contributed by atoms with E-state index in [-0.39, 0.29) is 42.2 Å². The number of halogens is 2. The average molecular weight is 413 g/mol. The summed E-state index contributed by atoms with van der Waals surface area (Å²) in [6.07, 6.45) is 0.943. The SMILES string of the molecule is Cl.N[C@@H]1CCN(C(=O)CCNS(=O)(=O)c2ccc(Br)cc2)C1. The van der Waals surface area contributed by atoms with Crippen LogP contribution >= 0.6 is 28.3 Å². The van der Waals surface area contributed by atoms with E-state index in [1.54, 1.807) is 17.0 Å². The molecule has 9 heteroatoms. The Morgan fingerprint density at radius 2 is 2.00 bits per heavy atom. The number of nitrogens with one attached hydrogen (secondary N) is 1. The van der Waals surface area contributed by atoms with Crippen molar-refractivity contribution in [3.63, 3.8) is 0 Å². The van der Waals surface area contributed by atoms with Gasteiger partial charge >= 0.3 is 0 Å². The van der Waals surface area contributed by atoms with Crippen molar-refractivity contribution in [2.45, 2.75) is 23.8 Å². The van der Waals surface area contributed by atoms with Crippen molar-refractivity contribution >= 4 is 44.3 Å². The van der Waals surface area contributed by atoms with E-state index in [0.29, 0.717) is 13.1 Å². The molecular formula is C13H19BrClN3O3S. The van der Waals surface area contributed by atoms with E-state index in [0.717, 1.165) is 10.9 Å². The molecule has 0 bridgehead atoms. The maximum atomic E-state index is 12.0. The number of hydrogen-bond donors (Lipinski definition) is 2. The number of likely N-dealkylation sites (tertiary alicyclic amines) is 1. The maximum absolute atomic E-state index is 12.0. The van der Waals surface area contributed by atoms with Gasteiger partial charge in [-0.15, -0.1) is 12.4 Å². The van der Waals surface area contributed by atoms with Gasteiger partial charge < -0.3 is 10.6 Å². The highest BCUT2D eigenvalue weighted by molar-refractivity contribution is 9.10. The largest absolute Gasteiger partial charge is 0.341 e. The first-order valence-electron chi connectivity index (χ1n) is 6.67. The highest BCUT2D eigenvalue weighted by Crippen LogP contribution is 2.14. The van der Waals surface area contributed by atoms with Gasteiger partial charge in [0.1, 0.15) is 0 Å². The number of rotatable bonds is 5. The van der Waals surface area contributed by atoms with Gasteiger partial charge in [-0.25, -0.2) is 13.1 Å². The van der Waals surface area contributed by atoms with Gasteiger partial charge in [-0.3, -0.25) is 4.79 Å². The summed E-state index contributed by atoms with van der Waals surface area (Å²) in [5, 5.41) is 0. The van der Waals surface area contributed by atoms with Crippen molar-refractivity contribution in [1.82, 2.24) is 9.62 Å². The predicted octanol–water partition coefficient (Wildman–Crippen LogP) is 1.10. The van der Waals surface area contributed by atoms with Crippen LogP contribution in [-0.4, -0.2) is 44.9 Å². The van der Waals surface area contributed by atoms with E-state index in [1.807, 2.05) is 0 Å². The van der Waals surface area contributed by atoms with E-state index in [9.17, 15) is 13.2 Å². The number of nitrogens with two attached hydrogens (primary N) is 1. The quantitative estimate of drug-likeness (QED) is 0.757. The first-order chi connectivity index (χ1) is 9.88. The molecule has 1 aliphatic rings. The van der Waals surface area contributed by atoms with Gasteiger partial charge in [0.15, 0.2) is 0 Å². The van der Waals surface area contributed by atoms with E-state index in [1.165, 1.54) is 12.1 Å². The van der Waals surface area contributed by atoms with Crippen LogP contribution in [0.3, 0.4) is 0 Å². The Morgan fingerprint density at radius 3 is 2.55 bits per heavy atom. The highest BCUT2D eigenvalue weighted by atomic mass is 79.9. The second kappa shape index (κ2) is 8.26. The number of benzene rings is 1. The van der Waals surface area contributed by atoms with Crippen LogP contribution in [0.4, 0.5) is 0 Å². The van der Waals surface area contributed by atoms with Gasteiger partial charge in [-0.2, -0.15) is 0 Å². The van der Waals surface area contributed by atoms with Crippen molar-refractivity contribution in [1.29, 1.82) is 0 Å². The molecule has 22 heavy (non-hydrogen) atoms. The third-order valence-corrected chi connectivity index (χ3v) is 5.34. The van der Waals surface area contributed by atoms with Gasteiger partial charge in [-0.1, -0.05) is 15.9 Å². The zero-order chi connectivity index (χ0) is 15.5. The third-order valence-electron chi connectivity index (χ3n) is 3.33. The summed E-state index contributed by atoms with van der Waals surface area (Å²) >= 11 is 3.25. The van der Waals surface area contributed by atoms with Crippen molar-refractivity contribution in [2.75, 3.05) is 19.6 Å². The second-order valence-electron chi connectivity index (χ2n) is 4.99. The summed E-state index contributed by atoms with van der Waals surface area (Å²) in [6, 6.07) is 6.37. The Bertz CT molecular complexity index is 609. The molecule has 1 amide bonds. The third kappa shape index (κ3) is 5.20. The van der Waals surface area contributed by atoms with Crippen LogP contribution in [0.1, 0.15) is 12.8 Å². The number of nitrogens with zero attached hydrogens (tertiary/aromatic N) is 1. The molecule has 0 spiro atoms. The minimum absolute atomic E-state index is 0. The summed E-state index contributed by atoms with van der Waals surface area (Å²) in [5.74, 6) is -0.0681. The Balaban J connectivity index is 0.00000242. The monoisotopic (exact) mass is 411 g/mol. The molecule has 124 valence electrons. The zero-order valence-corrected chi connectivity index (χ0v) is 15.1. The molecule has 0 unspecified atom stereocenters. The lowest BCUT2D eigenvalue weighted by Gasteiger charge is -2.15. The minimum Gasteiger partial charge on any atom is -0.341 e. The first kappa shape index (κ1) is 19.4. The molecule has 0 radical (unpaired) electrons. The Hall–Kier alpha value is -0.670. The Kier molecular flexibility index (Phi) is 7.27. The van der Waals surface area contributed by atoms with E-state index in [2.05, 4.69) is 20.7 Å². The molecule has 2 rings (SSSR count). The molecule has 1 aromatic rings. The Labute approximate surface area is 145 Å². The van der Waals surface area contributed by atoms with Crippen molar-refractivity contribution in [2.24, 2.45) is 5.73 Å². The molecule has 6 nitrogen and oxygen atoms in total. The zero-order valence-electron chi connectivity index (χ0n) is 11.9. The van der Waals surface area contributed by atoms with Crippen molar-refractivity contribution in [3.8, 4) is 0 Å². The number of hydrogen-bond acceptors (Lipinski definition) is 4. The van der Waals surface area contributed by atoms with E-state index in [4.69, 9.17) is 5.73 Å². The summed E-state index contributed by atoms with van der Waals surface area (Å²) in [5.41, 5.74) is 5.74. The van der Waals surface area contributed by atoms with Crippen LogP contribution < -0.4 is 10.5 Å². The van der Waals surface area contributed by atoms with Gasteiger partial charge in [0.2, 0.25) is 15.9 Å². The van der Waals surface area contributed by atoms with E-state index >= 15 is 0 Å². The van der Waals surface area contributed by atoms with E-state index < -0.39 is 10.0 Å². The summed E-state index contributed by atoms with van der Waals surface area (Å²) in [4.78, 5) is 13.7. The molecular weight excluding hydrogens is 394 g/mol. The van der Waals surface area contributed by atoms with Crippen LogP contribution in [0.2, 0.25) is 0 Å². The molecule has 1 aliphatic heterocycles. The number of sulfonamides is 1. The topological polar surface area (TPSA) is 92.5 Å². The molecule has 1 atom stereocenters. The fourth-order valence-electron chi connectivity index (χ4n) is 2.16. The van der Waals surface area contributed by atoms with Gasteiger partial charge in [0, 0.05) is 36.6 Å². The van der Waals surface area contributed by atoms with Crippen LogP contribution in [0.5, 0.6) is 0 Å². The molecule has 1 heterocycles. The molecule has 3 N–H and O–H groups in total. The number of amides is 1. The standard InChI is InChI=1S/C13H18BrN3O3S.ClH/c14-10-1-3-12(4-2-10)21(19,20)16-7-5-13(18)17-8-6-11(15)9-17;/h1-4,11,16H,5-9,15H2;1H/t11-;/m1./s1. The summed E-state index contributed by atoms with van der Waals surface area (Å²) in [7, 11) is -3.57.